The molecule has 142 valence electrons. The third-order valence-corrected chi connectivity index (χ3v) is 5.85. The van der Waals surface area contributed by atoms with E-state index in [9.17, 15) is 9.59 Å². The Hall–Kier alpha value is -2.45. The molecule has 0 saturated carbocycles. The number of aromatic nitrogens is 1. The highest BCUT2D eigenvalue weighted by atomic mass is 32.1. The summed E-state index contributed by atoms with van der Waals surface area (Å²) in [6, 6.07) is 10.3. The van der Waals surface area contributed by atoms with Crippen LogP contribution < -0.4 is 10.2 Å². The van der Waals surface area contributed by atoms with Crippen molar-refractivity contribution >= 4 is 28.4 Å². The van der Waals surface area contributed by atoms with Crippen LogP contribution in [0.2, 0.25) is 0 Å². The Labute approximate surface area is 162 Å². The highest BCUT2D eigenvalue weighted by Gasteiger charge is 2.25. The summed E-state index contributed by atoms with van der Waals surface area (Å²) in [6.45, 7) is 5.46. The molecule has 2 fully saturated rings. The van der Waals surface area contributed by atoms with Crippen molar-refractivity contribution in [2.24, 2.45) is 0 Å². The molecule has 1 aromatic heterocycles. The molecule has 27 heavy (non-hydrogen) atoms. The van der Waals surface area contributed by atoms with E-state index in [0.29, 0.717) is 24.6 Å². The number of benzene rings is 1. The van der Waals surface area contributed by atoms with Crippen LogP contribution in [-0.4, -0.2) is 66.0 Å². The maximum Gasteiger partial charge on any atom is 0.323 e. The molecule has 8 heteroatoms. The van der Waals surface area contributed by atoms with Gasteiger partial charge in [-0.2, -0.15) is 0 Å². The number of rotatable bonds is 5. The molecular formula is C19H23N5O2S. The predicted molar refractivity (Wildman–Crippen MR) is 105 cm³/mol. The lowest BCUT2D eigenvalue weighted by Gasteiger charge is -2.34. The number of urea groups is 1. The van der Waals surface area contributed by atoms with Crippen molar-refractivity contribution in [3.8, 4) is 0 Å². The van der Waals surface area contributed by atoms with Gasteiger partial charge in [-0.15, -0.1) is 11.3 Å². The average molecular weight is 385 g/mol. The van der Waals surface area contributed by atoms with E-state index in [1.165, 1.54) is 16.9 Å². The number of amides is 3. The van der Waals surface area contributed by atoms with Crippen LogP contribution in [0.25, 0.3) is 0 Å². The van der Waals surface area contributed by atoms with Crippen LogP contribution in [0.1, 0.15) is 11.3 Å². The monoisotopic (exact) mass is 385 g/mol. The van der Waals surface area contributed by atoms with Crippen LogP contribution in [-0.2, 0) is 17.8 Å². The first-order valence-electron chi connectivity index (χ1n) is 9.23. The molecule has 0 aliphatic carbocycles. The molecule has 1 aromatic carbocycles. The van der Waals surface area contributed by atoms with E-state index in [1.54, 1.807) is 4.90 Å². The molecule has 0 radical (unpaired) electrons. The van der Waals surface area contributed by atoms with Gasteiger partial charge in [-0.3, -0.25) is 14.6 Å². The Morgan fingerprint density at radius 1 is 1.11 bits per heavy atom. The van der Waals surface area contributed by atoms with E-state index in [0.717, 1.165) is 38.4 Å². The van der Waals surface area contributed by atoms with Gasteiger partial charge in [-0.1, -0.05) is 30.3 Å². The number of nitrogens with one attached hydrogen (secondary N) is 1. The third kappa shape index (κ3) is 4.28. The van der Waals surface area contributed by atoms with Gasteiger partial charge >= 0.3 is 6.03 Å². The molecule has 0 bridgehead atoms. The van der Waals surface area contributed by atoms with Crippen molar-refractivity contribution in [1.29, 1.82) is 0 Å². The van der Waals surface area contributed by atoms with Gasteiger partial charge in [0.25, 0.3) is 0 Å². The molecule has 7 nitrogen and oxygen atoms in total. The maximum atomic E-state index is 12.6. The lowest BCUT2D eigenvalue weighted by molar-refractivity contribution is -0.132. The zero-order valence-corrected chi connectivity index (χ0v) is 16.0. The van der Waals surface area contributed by atoms with Gasteiger partial charge in [0.15, 0.2) is 5.13 Å². The Balaban J connectivity index is 1.27. The molecule has 2 aromatic rings. The van der Waals surface area contributed by atoms with Gasteiger partial charge in [-0.05, 0) is 5.56 Å². The summed E-state index contributed by atoms with van der Waals surface area (Å²) in [5.41, 5.74) is 2.05. The van der Waals surface area contributed by atoms with Crippen LogP contribution in [0.3, 0.4) is 0 Å². The Kier molecular flexibility index (Phi) is 5.35. The molecule has 0 atom stereocenters. The molecule has 1 N–H and O–H groups in total. The number of hydrogen-bond donors (Lipinski definition) is 1. The Bertz CT molecular complexity index is 801. The second kappa shape index (κ2) is 8.06. The molecule has 0 unspecified atom stereocenters. The van der Waals surface area contributed by atoms with Crippen LogP contribution in [0, 0.1) is 0 Å². The molecule has 2 aliphatic rings. The summed E-state index contributed by atoms with van der Waals surface area (Å²) in [5, 5.41) is 5.31. The second-order valence-electron chi connectivity index (χ2n) is 6.82. The van der Waals surface area contributed by atoms with E-state index in [2.05, 4.69) is 39.5 Å². The summed E-state index contributed by atoms with van der Waals surface area (Å²) in [5.74, 6) is 0.108. The summed E-state index contributed by atoms with van der Waals surface area (Å²) in [6.07, 6.45) is 0.296. The Morgan fingerprint density at radius 2 is 1.89 bits per heavy atom. The van der Waals surface area contributed by atoms with Gasteiger partial charge in [0.1, 0.15) is 0 Å². The largest absolute Gasteiger partial charge is 0.340 e. The maximum absolute atomic E-state index is 12.6. The van der Waals surface area contributed by atoms with Gasteiger partial charge in [-0.25, -0.2) is 9.78 Å². The minimum absolute atomic E-state index is 0.108. The van der Waals surface area contributed by atoms with Crippen molar-refractivity contribution in [3.05, 3.63) is 47.0 Å². The summed E-state index contributed by atoms with van der Waals surface area (Å²) in [7, 11) is 0. The van der Waals surface area contributed by atoms with E-state index in [-0.39, 0.29) is 11.9 Å². The van der Waals surface area contributed by atoms with Crippen molar-refractivity contribution < 1.29 is 9.59 Å². The predicted octanol–water partition coefficient (Wildman–Crippen LogP) is 1.56. The smallest absolute Gasteiger partial charge is 0.323 e. The third-order valence-electron chi connectivity index (χ3n) is 4.93. The van der Waals surface area contributed by atoms with Crippen LogP contribution in [0.15, 0.2) is 35.7 Å². The minimum atomic E-state index is -0.114. The van der Waals surface area contributed by atoms with Gasteiger partial charge in [0.05, 0.1) is 12.1 Å². The van der Waals surface area contributed by atoms with E-state index < -0.39 is 0 Å². The average Bonchev–Trinajstić information content (AvgIpc) is 3.32. The molecule has 3 amide bonds. The highest BCUT2D eigenvalue weighted by Crippen LogP contribution is 2.22. The van der Waals surface area contributed by atoms with E-state index in [1.807, 2.05) is 16.3 Å². The first-order chi connectivity index (χ1) is 13.2. The van der Waals surface area contributed by atoms with Crippen molar-refractivity contribution in [3.63, 3.8) is 0 Å². The first kappa shape index (κ1) is 17.9. The fraction of sp³-hybridized carbons (Fsp3) is 0.421. The number of carbonyl (C=O) groups is 2. The van der Waals surface area contributed by atoms with Crippen LogP contribution in [0.5, 0.6) is 0 Å². The number of piperazine rings is 1. The zero-order chi connectivity index (χ0) is 18.6. The van der Waals surface area contributed by atoms with E-state index >= 15 is 0 Å². The number of anilines is 1. The molecule has 0 spiro atoms. The molecule has 4 rings (SSSR count). The van der Waals surface area contributed by atoms with Gasteiger partial charge < -0.3 is 10.2 Å². The second-order valence-corrected chi connectivity index (χ2v) is 7.66. The lowest BCUT2D eigenvalue weighted by atomic mass is 10.2. The molecule has 2 saturated heterocycles. The number of carbonyl (C=O) groups excluding carboxylic acids is 2. The number of thiazole rings is 1. The normalized spacial score (nSPS) is 18.0. The topological polar surface area (TPSA) is 68.8 Å². The molecular weight excluding hydrogens is 362 g/mol. The fourth-order valence-corrected chi connectivity index (χ4v) is 4.27. The first-order valence-corrected chi connectivity index (χ1v) is 10.1. The van der Waals surface area contributed by atoms with Crippen molar-refractivity contribution in [2.45, 2.75) is 13.0 Å². The summed E-state index contributed by atoms with van der Waals surface area (Å²) >= 11 is 1.42. The quantitative estimate of drug-likeness (QED) is 0.848. The van der Waals surface area contributed by atoms with E-state index in [4.69, 9.17) is 0 Å². The highest BCUT2D eigenvalue weighted by molar-refractivity contribution is 7.14. The molecule has 3 heterocycles. The fourth-order valence-electron chi connectivity index (χ4n) is 3.42. The number of nitrogens with zero attached hydrogens (tertiary/aromatic N) is 4. The zero-order valence-electron chi connectivity index (χ0n) is 15.1. The van der Waals surface area contributed by atoms with Crippen molar-refractivity contribution in [2.75, 3.05) is 44.2 Å². The van der Waals surface area contributed by atoms with Crippen LogP contribution >= 0.6 is 11.3 Å². The number of hydrogen-bond acceptors (Lipinski definition) is 5. The Morgan fingerprint density at radius 3 is 2.59 bits per heavy atom. The summed E-state index contributed by atoms with van der Waals surface area (Å²) in [4.78, 5) is 34.7. The van der Waals surface area contributed by atoms with Crippen molar-refractivity contribution in [1.82, 2.24) is 20.1 Å². The van der Waals surface area contributed by atoms with Crippen LogP contribution in [0.4, 0.5) is 9.93 Å². The van der Waals surface area contributed by atoms with Gasteiger partial charge in [0, 0.05) is 51.2 Å². The lowest BCUT2D eigenvalue weighted by Crippen LogP contribution is -2.48. The standard InChI is InChI=1S/C19H23N5O2S/c25-17(12-16-14-27-19(21-16)24-7-6-20-18(24)26)23-10-8-22(9-11-23)13-15-4-2-1-3-5-15/h1-5,14H,6-13H2,(H,20,26). The summed E-state index contributed by atoms with van der Waals surface area (Å²) < 4.78 is 0. The minimum Gasteiger partial charge on any atom is -0.340 e. The van der Waals surface area contributed by atoms with Gasteiger partial charge in [0.2, 0.25) is 5.91 Å². The SMILES string of the molecule is O=C(Cc1csc(N2CCNC2=O)n1)N1CCN(Cc2ccccc2)CC1. The molecule has 2 aliphatic heterocycles.